The maximum Gasteiger partial charge on any atom is 0.325 e. The monoisotopic (exact) mass is 199 g/mol. The fourth-order valence-electron chi connectivity index (χ4n) is 0.824. The molecule has 0 aliphatic carbocycles. The summed E-state index contributed by atoms with van der Waals surface area (Å²) in [5, 5.41) is 17.8. The van der Waals surface area contributed by atoms with Gasteiger partial charge in [0.1, 0.15) is 12.2 Å². The molecular formula is C7H9N3O4. The van der Waals surface area contributed by atoms with E-state index in [0.29, 0.717) is 6.61 Å². The van der Waals surface area contributed by atoms with E-state index in [1.807, 2.05) is 6.92 Å². The highest BCUT2D eigenvalue weighted by atomic mass is 16.6. The van der Waals surface area contributed by atoms with Crippen molar-refractivity contribution in [1.82, 2.24) is 15.0 Å². The molecule has 0 spiro atoms. The van der Waals surface area contributed by atoms with E-state index in [0.717, 1.165) is 0 Å². The molecule has 0 radical (unpaired) electrons. The van der Waals surface area contributed by atoms with Crippen LogP contribution >= 0.6 is 0 Å². The third-order valence-electron chi connectivity index (χ3n) is 1.74. The minimum Gasteiger partial charge on any atom is -0.479 e. The normalized spacial score (nSPS) is 24.6. The molecule has 0 bridgehead atoms. The van der Waals surface area contributed by atoms with Crippen LogP contribution < -0.4 is 4.74 Å². The van der Waals surface area contributed by atoms with Gasteiger partial charge in [-0.15, -0.1) is 15.0 Å². The van der Waals surface area contributed by atoms with Crippen LogP contribution in [0.2, 0.25) is 0 Å². The predicted octanol–water partition coefficient (Wildman–Crippen LogP) is -0.550. The van der Waals surface area contributed by atoms with Crippen LogP contribution in [-0.2, 0) is 4.74 Å². The van der Waals surface area contributed by atoms with Crippen molar-refractivity contribution >= 4 is 0 Å². The Morgan fingerprint density at radius 1 is 1.36 bits per heavy atom. The van der Waals surface area contributed by atoms with Gasteiger partial charge in [-0.1, -0.05) is 0 Å². The second-order valence-corrected chi connectivity index (χ2v) is 3.25. The van der Waals surface area contributed by atoms with Gasteiger partial charge in [-0.05, 0) is 6.92 Å². The Kier molecular flexibility index (Phi) is 1.88. The molecule has 2 heterocycles. The molecule has 14 heavy (non-hydrogen) atoms. The molecule has 0 saturated carbocycles. The van der Waals surface area contributed by atoms with Crippen LogP contribution in [0.4, 0.5) is 0 Å². The number of epoxide rings is 1. The molecular weight excluding hydrogens is 190 g/mol. The lowest BCUT2D eigenvalue weighted by molar-refractivity contribution is 0.186. The van der Waals surface area contributed by atoms with E-state index in [-0.39, 0.29) is 18.2 Å². The minimum atomic E-state index is -0.575. The zero-order valence-electron chi connectivity index (χ0n) is 7.47. The Bertz CT molecular complexity index is 333. The molecule has 1 saturated heterocycles. The quantitative estimate of drug-likeness (QED) is 0.630. The van der Waals surface area contributed by atoms with Crippen molar-refractivity contribution < 1.29 is 19.7 Å². The Morgan fingerprint density at radius 2 is 1.93 bits per heavy atom. The van der Waals surface area contributed by atoms with Gasteiger partial charge in [-0.25, -0.2) is 0 Å². The number of nitrogens with zero attached hydrogens (tertiary/aromatic N) is 3. The summed E-state index contributed by atoms with van der Waals surface area (Å²) in [6, 6.07) is -1.27. The van der Waals surface area contributed by atoms with Crippen LogP contribution in [0.3, 0.4) is 0 Å². The fraction of sp³-hybridized carbons (Fsp3) is 0.571. The summed E-state index contributed by atoms with van der Waals surface area (Å²) in [7, 11) is 0. The summed E-state index contributed by atoms with van der Waals surface area (Å²) in [6.07, 6.45) is 0. The summed E-state index contributed by atoms with van der Waals surface area (Å²) in [5.74, 6) is 0. The first-order valence-corrected chi connectivity index (χ1v) is 3.98. The van der Waals surface area contributed by atoms with Crippen molar-refractivity contribution in [2.45, 2.75) is 12.5 Å². The predicted molar refractivity (Wildman–Crippen MR) is 43.0 cm³/mol. The number of hydrogen-bond donors (Lipinski definition) is 2. The lowest BCUT2D eigenvalue weighted by Crippen LogP contribution is -2.18. The van der Waals surface area contributed by atoms with Crippen LogP contribution in [0.25, 0.3) is 0 Å². The van der Waals surface area contributed by atoms with Crippen molar-refractivity contribution in [3.8, 4) is 18.0 Å². The van der Waals surface area contributed by atoms with E-state index in [4.69, 9.17) is 19.7 Å². The molecule has 0 aromatic carbocycles. The van der Waals surface area contributed by atoms with Gasteiger partial charge in [0.15, 0.2) is 0 Å². The van der Waals surface area contributed by atoms with Gasteiger partial charge in [0, 0.05) is 0 Å². The standard InChI is InChI=1S/C7H9N3O4/c1-7(3-14-7)2-13-6-9-4(11)8-5(12)10-6/h2-3H2,1H3,(H2,8,9,10,11,12). The van der Waals surface area contributed by atoms with Gasteiger partial charge in [0.05, 0.1) is 6.61 Å². The molecule has 1 unspecified atom stereocenters. The highest BCUT2D eigenvalue weighted by Gasteiger charge is 2.40. The van der Waals surface area contributed by atoms with Crippen molar-refractivity contribution in [3.05, 3.63) is 0 Å². The molecule has 1 aliphatic rings. The summed E-state index contributed by atoms with van der Waals surface area (Å²) in [6.45, 7) is 2.76. The number of rotatable bonds is 3. The first kappa shape index (κ1) is 8.95. The average molecular weight is 199 g/mol. The molecule has 76 valence electrons. The molecule has 1 aromatic heterocycles. The van der Waals surface area contributed by atoms with Gasteiger partial charge < -0.3 is 19.7 Å². The smallest absolute Gasteiger partial charge is 0.325 e. The van der Waals surface area contributed by atoms with Crippen molar-refractivity contribution in [1.29, 1.82) is 0 Å². The molecule has 1 aromatic rings. The largest absolute Gasteiger partial charge is 0.479 e. The molecule has 1 fully saturated rings. The van der Waals surface area contributed by atoms with Crippen molar-refractivity contribution in [2.75, 3.05) is 13.2 Å². The maximum atomic E-state index is 8.91. The SMILES string of the molecule is CC1(COc2nc(O)nc(O)n2)CO1. The van der Waals surface area contributed by atoms with Crippen molar-refractivity contribution in [3.63, 3.8) is 0 Å². The number of aromatic nitrogens is 3. The van der Waals surface area contributed by atoms with Crippen LogP contribution in [-0.4, -0.2) is 44.0 Å². The maximum absolute atomic E-state index is 8.91. The Labute approximate surface area is 79.4 Å². The van der Waals surface area contributed by atoms with E-state index < -0.39 is 12.0 Å². The molecule has 1 atom stereocenters. The van der Waals surface area contributed by atoms with E-state index in [9.17, 15) is 0 Å². The van der Waals surface area contributed by atoms with Crippen LogP contribution in [0.5, 0.6) is 18.0 Å². The van der Waals surface area contributed by atoms with Crippen LogP contribution in [0.1, 0.15) is 6.92 Å². The Morgan fingerprint density at radius 3 is 2.43 bits per heavy atom. The fourth-order valence-corrected chi connectivity index (χ4v) is 0.824. The highest BCUT2D eigenvalue weighted by Crippen LogP contribution is 2.26. The zero-order chi connectivity index (χ0) is 10.2. The first-order chi connectivity index (χ1) is 6.57. The van der Waals surface area contributed by atoms with Gasteiger partial charge >= 0.3 is 18.0 Å². The Balaban J connectivity index is 2.01. The molecule has 7 nitrogen and oxygen atoms in total. The van der Waals surface area contributed by atoms with E-state index in [1.54, 1.807) is 0 Å². The van der Waals surface area contributed by atoms with Gasteiger partial charge in [-0.2, -0.15) is 0 Å². The van der Waals surface area contributed by atoms with Crippen LogP contribution in [0, 0.1) is 0 Å². The number of aromatic hydroxyl groups is 2. The summed E-state index contributed by atoms with van der Waals surface area (Å²) >= 11 is 0. The summed E-state index contributed by atoms with van der Waals surface area (Å²) in [5.41, 5.74) is -0.294. The van der Waals surface area contributed by atoms with E-state index in [1.165, 1.54) is 0 Å². The molecule has 0 amide bonds. The Hall–Kier alpha value is -1.63. The average Bonchev–Trinajstić information content (AvgIpc) is 2.80. The molecule has 2 rings (SSSR count). The lowest BCUT2D eigenvalue weighted by Gasteiger charge is -2.06. The topological polar surface area (TPSA) is 101 Å². The van der Waals surface area contributed by atoms with E-state index >= 15 is 0 Å². The summed E-state index contributed by atoms with van der Waals surface area (Å²) in [4.78, 5) is 10.1. The molecule has 2 N–H and O–H groups in total. The second-order valence-electron chi connectivity index (χ2n) is 3.25. The number of hydrogen-bond acceptors (Lipinski definition) is 7. The van der Waals surface area contributed by atoms with Gasteiger partial charge in [-0.3, -0.25) is 0 Å². The summed E-state index contributed by atoms with van der Waals surface area (Å²) < 4.78 is 10.1. The lowest BCUT2D eigenvalue weighted by atomic mass is 10.2. The van der Waals surface area contributed by atoms with Crippen molar-refractivity contribution in [2.24, 2.45) is 0 Å². The van der Waals surface area contributed by atoms with Gasteiger partial charge in [0.2, 0.25) is 0 Å². The third-order valence-corrected chi connectivity index (χ3v) is 1.74. The zero-order valence-corrected chi connectivity index (χ0v) is 7.47. The highest BCUT2D eigenvalue weighted by molar-refractivity contribution is 5.06. The third kappa shape index (κ3) is 1.99. The second kappa shape index (κ2) is 2.95. The van der Waals surface area contributed by atoms with E-state index in [2.05, 4.69) is 15.0 Å². The van der Waals surface area contributed by atoms with Gasteiger partial charge in [0.25, 0.3) is 0 Å². The number of ether oxygens (including phenoxy) is 2. The molecule has 1 aliphatic heterocycles. The molecule has 7 heteroatoms. The van der Waals surface area contributed by atoms with Crippen LogP contribution in [0.15, 0.2) is 0 Å². The first-order valence-electron chi connectivity index (χ1n) is 3.98. The minimum absolute atomic E-state index is 0.119.